The molecule has 0 radical (unpaired) electrons. The number of sulfone groups is 1. The number of carbonyl (C=O) groups excluding carboxylic acids is 1. The van der Waals surface area contributed by atoms with E-state index in [1.165, 1.54) is 11.1 Å². The van der Waals surface area contributed by atoms with E-state index < -0.39 is 9.84 Å². The topological polar surface area (TPSA) is 99.7 Å². The molecular weight excluding hydrogens is 340 g/mol. The first-order chi connectivity index (χ1) is 11.9. The Kier molecular flexibility index (Phi) is 6.81. The van der Waals surface area contributed by atoms with Crippen LogP contribution in [0.5, 0.6) is 0 Å². The van der Waals surface area contributed by atoms with Crippen molar-refractivity contribution in [3.63, 3.8) is 0 Å². The molecule has 0 bridgehead atoms. The van der Waals surface area contributed by atoms with Gasteiger partial charge in [0.15, 0.2) is 15.8 Å². The van der Waals surface area contributed by atoms with E-state index >= 15 is 0 Å². The Hall–Kier alpha value is -2.09. The minimum absolute atomic E-state index is 0.0474. The maximum absolute atomic E-state index is 11.9. The second-order valence-electron chi connectivity index (χ2n) is 6.20. The fraction of sp³-hybridized carbons (Fsp3) is 0.529. The SMILES string of the molecule is CN=C(NCCC(=O)NC1CCS(=O)(=O)C1)NCc1ccccc1C. The summed E-state index contributed by atoms with van der Waals surface area (Å²) in [6.07, 6.45) is 0.767. The third-order valence-corrected chi connectivity index (χ3v) is 5.94. The molecule has 1 aliphatic heterocycles. The van der Waals surface area contributed by atoms with Crippen LogP contribution in [0.15, 0.2) is 29.3 Å². The van der Waals surface area contributed by atoms with Crippen molar-refractivity contribution in [2.24, 2.45) is 4.99 Å². The number of aryl methyl sites for hydroxylation is 1. The average Bonchev–Trinajstić information content (AvgIpc) is 2.90. The molecule has 138 valence electrons. The number of nitrogens with one attached hydrogen (secondary N) is 3. The summed E-state index contributed by atoms with van der Waals surface area (Å²) in [6, 6.07) is 7.85. The van der Waals surface area contributed by atoms with Gasteiger partial charge in [0.25, 0.3) is 0 Å². The number of nitrogens with zero attached hydrogens (tertiary/aromatic N) is 1. The molecule has 1 amide bonds. The van der Waals surface area contributed by atoms with Crippen LogP contribution < -0.4 is 16.0 Å². The van der Waals surface area contributed by atoms with Crippen LogP contribution in [0.1, 0.15) is 24.0 Å². The van der Waals surface area contributed by atoms with Gasteiger partial charge in [-0.1, -0.05) is 24.3 Å². The highest BCUT2D eigenvalue weighted by molar-refractivity contribution is 7.91. The predicted octanol–water partition coefficient (Wildman–Crippen LogP) is 0.353. The Morgan fingerprint density at radius 2 is 2.04 bits per heavy atom. The first kappa shape index (κ1) is 19.2. The van der Waals surface area contributed by atoms with Crippen molar-refractivity contribution in [2.75, 3.05) is 25.1 Å². The van der Waals surface area contributed by atoms with Crippen LogP contribution in [0.3, 0.4) is 0 Å². The number of aliphatic imine (C=N–C) groups is 1. The van der Waals surface area contributed by atoms with Gasteiger partial charge in [0.2, 0.25) is 5.91 Å². The second-order valence-corrected chi connectivity index (χ2v) is 8.43. The second kappa shape index (κ2) is 8.84. The van der Waals surface area contributed by atoms with Gasteiger partial charge in [-0.2, -0.15) is 0 Å². The highest BCUT2D eigenvalue weighted by Gasteiger charge is 2.28. The Morgan fingerprint density at radius 3 is 2.68 bits per heavy atom. The summed E-state index contributed by atoms with van der Waals surface area (Å²) < 4.78 is 22.8. The summed E-state index contributed by atoms with van der Waals surface area (Å²) in [5.41, 5.74) is 2.39. The summed E-state index contributed by atoms with van der Waals surface area (Å²) in [7, 11) is -1.30. The molecule has 1 saturated heterocycles. The maximum Gasteiger partial charge on any atom is 0.222 e. The lowest BCUT2D eigenvalue weighted by molar-refractivity contribution is -0.121. The summed E-state index contributed by atoms with van der Waals surface area (Å²) in [4.78, 5) is 16.0. The molecule has 0 aliphatic carbocycles. The summed E-state index contributed by atoms with van der Waals surface area (Å²) in [5.74, 6) is 0.681. The number of benzene rings is 1. The van der Waals surface area contributed by atoms with Crippen molar-refractivity contribution in [1.82, 2.24) is 16.0 Å². The van der Waals surface area contributed by atoms with Crippen LogP contribution in [0, 0.1) is 6.92 Å². The van der Waals surface area contributed by atoms with Crippen molar-refractivity contribution in [3.05, 3.63) is 35.4 Å². The summed E-state index contributed by atoms with van der Waals surface area (Å²) in [5, 5.41) is 9.08. The number of amides is 1. The van der Waals surface area contributed by atoms with Gasteiger partial charge in [0.05, 0.1) is 11.5 Å². The lowest BCUT2D eigenvalue weighted by Gasteiger charge is -2.14. The van der Waals surface area contributed by atoms with E-state index in [1.807, 2.05) is 12.1 Å². The number of hydrogen-bond donors (Lipinski definition) is 3. The minimum Gasteiger partial charge on any atom is -0.356 e. The molecule has 0 aromatic heterocycles. The quantitative estimate of drug-likeness (QED) is 0.498. The summed E-state index contributed by atoms with van der Waals surface area (Å²) in [6.45, 7) is 3.14. The number of rotatable bonds is 6. The van der Waals surface area contributed by atoms with Gasteiger partial charge >= 0.3 is 0 Å². The maximum atomic E-state index is 11.9. The largest absolute Gasteiger partial charge is 0.356 e. The third-order valence-electron chi connectivity index (χ3n) is 4.17. The standard InChI is InChI=1S/C17H26N4O3S/c1-13-5-3-4-6-14(13)11-20-17(18-2)19-9-7-16(22)21-15-8-10-25(23,24)12-15/h3-6,15H,7-12H2,1-2H3,(H,21,22)(H2,18,19,20). The molecule has 0 saturated carbocycles. The monoisotopic (exact) mass is 366 g/mol. The predicted molar refractivity (Wildman–Crippen MR) is 99.2 cm³/mol. The zero-order chi connectivity index (χ0) is 18.3. The van der Waals surface area contributed by atoms with Crippen molar-refractivity contribution >= 4 is 21.7 Å². The molecule has 25 heavy (non-hydrogen) atoms. The molecule has 1 atom stereocenters. The molecule has 1 unspecified atom stereocenters. The van der Waals surface area contributed by atoms with Crippen LogP contribution in [0.2, 0.25) is 0 Å². The van der Waals surface area contributed by atoms with E-state index in [0.717, 1.165) is 0 Å². The number of carbonyl (C=O) groups is 1. The van der Waals surface area contributed by atoms with Crippen molar-refractivity contribution in [1.29, 1.82) is 0 Å². The van der Waals surface area contributed by atoms with E-state index in [-0.39, 0.29) is 29.9 Å². The fourth-order valence-electron chi connectivity index (χ4n) is 2.71. The molecule has 1 aromatic rings. The molecule has 1 aliphatic rings. The first-order valence-electron chi connectivity index (χ1n) is 8.38. The number of hydrogen-bond acceptors (Lipinski definition) is 4. The van der Waals surface area contributed by atoms with Gasteiger partial charge in [-0.15, -0.1) is 0 Å². The van der Waals surface area contributed by atoms with Crippen LogP contribution >= 0.6 is 0 Å². The van der Waals surface area contributed by atoms with E-state index in [2.05, 4.69) is 40.0 Å². The molecule has 2 rings (SSSR count). The van der Waals surface area contributed by atoms with Crippen molar-refractivity contribution in [2.45, 2.75) is 32.4 Å². The highest BCUT2D eigenvalue weighted by Crippen LogP contribution is 2.11. The van der Waals surface area contributed by atoms with Gasteiger partial charge in [0.1, 0.15) is 0 Å². The van der Waals surface area contributed by atoms with Crippen LogP contribution in [-0.4, -0.2) is 51.4 Å². The van der Waals surface area contributed by atoms with E-state index in [0.29, 0.717) is 25.5 Å². The molecule has 1 fully saturated rings. The molecule has 7 nitrogen and oxygen atoms in total. The fourth-order valence-corrected chi connectivity index (χ4v) is 4.38. The van der Waals surface area contributed by atoms with E-state index in [9.17, 15) is 13.2 Å². The van der Waals surface area contributed by atoms with E-state index in [1.54, 1.807) is 7.05 Å². The van der Waals surface area contributed by atoms with Gasteiger partial charge in [-0.25, -0.2) is 8.42 Å². The van der Waals surface area contributed by atoms with Gasteiger partial charge < -0.3 is 16.0 Å². The number of guanidine groups is 1. The smallest absolute Gasteiger partial charge is 0.222 e. The first-order valence-corrected chi connectivity index (χ1v) is 10.2. The average molecular weight is 366 g/mol. The lowest BCUT2D eigenvalue weighted by atomic mass is 10.1. The molecule has 1 heterocycles. The lowest BCUT2D eigenvalue weighted by Crippen LogP contribution is -2.41. The van der Waals surface area contributed by atoms with E-state index in [4.69, 9.17) is 0 Å². The molecule has 1 aromatic carbocycles. The molecule has 3 N–H and O–H groups in total. The van der Waals surface area contributed by atoms with Gasteiger partial charge in [-0.05, 0) is 24.5 Å². The van der Waals surface area contributed by atoms with Gasteiger partial charge in [0, 0.05) is 32.6 Å². The van der Waals surface area contributed by atoms with Crippen LogP contribution in [0.25, 0.3) is 0 Å². The Labute approximate surface area is 149 Å². The zero-order valence-corrected chi connectivity index (χ0v) is 15.5. The molecular formula is C17H26N4O3S. The minimum atomic E-state index is -2.98. The summed E-state index contributed by atoms with van der Waals surface area (Å²) >= 11 is 0. The van der Waals surface area contributed by atoms with Crippen LogP contribution in [-0.2, 0) is 21.2 Å². The van der Waals surface area contributed by atoms with Crippen molar-refractivity contribution in [3.8, 4) is 0 Å². The van der Waals surface area contributed by atoms with Crippen LogP contribution in [0.4, 0.5) is 0 Å². The van der Waals surface area contributed by atoms with Gasteiger partial charge in [-0.3, -0.25) is 9.79 Å². The Bertz CT molecular complexity index is 731. The molecule has 0 spiro atoms. The Morgan fingerprint density at radius 1 is 1.28 bits per heavy atom. The third kappa shape index (κ3) is 6.38. The van der Waals surface area contributed by atoms with Crippen molar-refractivity contribution < 1.29 is 13.2 Å². The zero-order valence-electron chi connectivity index (χ0n) is 14.7. The normalized spacial score (nSPS) is 19.4. The Balaban J connectivity index is 1.69. The molecule has 8 heteroatoms. The highest BCUT2D eigenvalue weighted by atomic mass is 32.2.